The second kappa shape index (κ2) is 7.43. The highest BCUT2D eigenvalue weighted by molar-refractivity contribution is 5.95. The lowest BCUT2D eigenvalue weighted by Gasteiger charge is -2.22. The Morgan fingerprint density at radius 3 is 2.71 bits per heavy atom. The number of rotatable bonds is 7. The predicted octanol–water partition coefficient (Wildman–Crippen LogP) is 2.22. The third-order valence-corrected chi connectivity index (χ3v) is 3.67. The number of carbonyl (C=O) groups is 1. The molecule has 0 unspecified atom stereocenters. The number of carbonyl (C=O) groups excluding carboxylic acids is 1. The average Bonchev–Trinajstić information content (AvgIpc) is 2.97. The van der Waals surface area contributed by atoms with E-state index in [4.69, 9.17) is 9.47 Å². The highest BCUT2D eigenvalue weighted by Crippen LogP contribution is 2.23. The molecule has 0 fully saturated rings. The lowest BCUT2D eigenvalue weighted by molar-refractivity contribution is 0.00471. The van der Waals surface area contributed by atoms with Gasteiger partial charge in [-0.3, -0.25) is 5.32 Å². The van der Waals surface area contributed by atoms with Crippen molar-refractivity contribution >= 4 is 22.9 Å². The number of amides is 1. The first kappa shape index (κ1) is 17.9. The minimum Gasteiger partial charge on any atom is -0.463 e. The summed E-state index contributed by atoms with van der Waals surface area (Å²) in [5.41, 5.74) is 0.280. The molecule has 132 valence electrons. The van der Waals surface area contributed by atoms with Gasteiger partial charge < -0.3 is 14.2 Å². The van der Waals surface area contributed by atoms with E-state index in [1.54, 1.807) is 18.0 Å². The van der Waals surface area contributed by atoms with Gasteiger partial charge in [0.05, 0.1) is 30.9 Å². The van der Waals surface area contributed by atoms with Gasteiger partial charge in [-0.25, -0.2) is 9.48 Å². The number of aromatic nitrogens is 4. The van der Waals surface area contributed by atoms with Crippen LogP contribution in [0, 0.1) is 0 Å². The Kier molecular flexibility index (Phi) is 5.55. The van der Waals surface area contributed by atoms with Gasteiger partial charge in [-0.2, -0.15) is 15.1 Å². The van der Waals surface area contributed by atoms with Crippen molar-refractivity contribution in [2.45, 2.75) is 39.3 Å². The molecule has 0 saturated heterocycles. The van der Waals surface area contributed by atoms with E-state index in [9.17, 15) is 4.79 Å². The number of methoxy groups -OCH3 is 2. The van der Waals surface area contributed by atoms with Crippen molar-refractivity contribution < 1.29 is 19.0 Å². The zero-order chi connectivity index (χ0) is 17.7. The maximum absolute atomic E-state index is 11.5. The van der Waals surface area contributed by atoms with Crippen LogP contribution in [0.15, 0.2) is 6.20 Å². The molecule has 0 spiro atoms. The lowest BCUT2D eigenvalue weighted by Crippen LogP contribution is -2.25. The van der Waals surface area contributed by atoms with E-state index in [1.807, 2.05) is 20.8 Å². The standard InChI is InChI=1S/C15H23N5O4/c1-6-20-12-10(9-16-20)11(18-14(21)22-4)17-13(19-12)24-8-7-15(2,3)23-5/h9H,6-8H2,1-5H3,(H,17,18,19,21). The highest BCUT2D eigenvalue weighted by Gasteiger charge is 2.18. The van der Waals surface area contributed by atoms with Gasteiger partial charge in [0, 0.05) is 20.1 Å². The summed E-state index contributed by atoms with van der Waals surface area (Å²) in [4.78, 5) is 20.1. The second-order valence-electron chi connectivity index (χ2n) is 5.73. The van der Waals surface area contributed by atoms with E-state index in [0.717, 1.165) is 0 Å². The van der Waals surface area contributed by atoms with E-state index in [1.165, 1.54) is 7.11 Å². The first-order valence-corrected chi connectivity index (χ1v) is 7.66. The molecule has 1 amide bonds. The van der Waals surface area contributed by atoms with Crippen LogP contribution >= 0.6 is 0 Å². The molecule has 9 heteroatoms. The Hall–Kier alpha value is -2.42. The monoisotopic (exact) mass is 337 g/mol. The average molecular weight is 337 g/mol. The Bertz CT molecular complexity index is 713. The van der Waals surface area contributed by atoms with E-state index in [2.05, 4.69) is 25.1 Å². The third-order valence-electron chi connectivity index (χ3n) is 3.67. The molecule has 2 heterocycles. The molecule has 0 aliphatic heterocycles. The summed E-state index contributed by atoms with van der Waals surface area (Å²) in [5.74, 6) is 0.299. The Morgan fingerprint density at radius 1 is 1.33 bits per heavy atom. The molecule has 0 atom stereocenters. The SMILES string of the molecule is CCn1ncc2c(NC(=O)OC)nc(OCCC(C)(C)OC)nc21. The number of fused-ring (bicyclic) bond motifs is 1. The summed E-state index contributed by atoms with van der Waals surface area (Å²) < 4.78 is 17.3. The van der Waals surface area contributed by atoms with Crippen LogP contribution in [0.1, 0.15) is 27.2 Å². The summed E-state index contributed by atoms with van der Waals surface area (Å²) in [7, 11) is 2.94. The number of aryl methyl sites for hydroxylation is 1. The van der Waals surface area contributed by atoms with Gasteiger partial charge in [0.15, 0.2) is 11.5 Å². The second-order valence-corrected chi connectivity index (χ2v) is 5.73. The Balaban J connectivity index is 2.27. The van der Waals surface area contributed by atoms with Crippen LogP contribution in [0.5, 0.6) is 6.01 Å². The number of nitrogens with one attached hydrogen (secondary N) is 1. The first-order valence-electron chi connectivity index (χ1n) is 7.66. The summed E-state index contributed by atoms with van der Waals surface area (Å²) in [6.45, 7) is 6.90. The van der Waals surface area contributed by atoms with Gasteiger partial charge in [0.25, 0.3) is 0 Å². The summed E-state index contributed by atoms with van der Waals surface area (Å²) in [6.07, 6.45) is 1.64. The van der Waals surface area contributed by atoms with Crippen LogP contribution in [0.3, 0.4) is 0 Å². The van der Waals surface area contributed by atoms with Crippen molar-refractivity contribution in [3.8, 4) is 6.01 Å². The number of anilines is 1. The molecular weight excluding hydrogens is 314 g/mol. The fraction of sp³-hybridized carbons (Fsp3) is 0.600. The maximum atomic E-state index is 11.5. The molecule has 2 aromatic rings. The first-order chi connectivity index (χ1) is 11.4. The molecule has 9 nitrogen and oxygen atoms in total. The van der Waals surface area contributed by atoms with Crippen molar-refractivity contribution in [3.05, 3.63) is 6.20 Å². The molecule has 0 aliphatic carbocycles. The molecule has 0 aliphatic rings. The van der Waals surface area contributed by atoms with E-state index >= 15 is 0 Å². The summed E-state index contributed by atoms with van der Waals surface area (Å²) >= 11 is 0. The summed E-state index contributed by atoms with van der Waals surface area (Å²) in [6, 6.07) is 0.163. The molecule has 0 radical (unpaired) electrons. The fourth-order valence-corrected chi connectivity index (χ4v) is 1.96. The molecule has 1 N–H and O–H groups in total. The molecular formula is C15H23N5O4. The number of hydrogen-bond donors (Lipinski definition) is 1. The quantitative estimate of drug-likeness (QED) is 0.826. The van der Waals surface area contributed by atoms with Crippen LogP contribution in [0.2, 0.25) is 0 Å². The Morgan fingerprint density at radius 2 is 2.08 bits per heavy atom. The number of hydrogen-bond acceptors (Lipinski definition) is 7. The largest absolute Gasteiger partial charge is 0.463 e. The fourth-order valence-electron chi connectivity index (χ4n) is 1.96. The lowest BCUT2D eigenvalue weighted by atomic mass is 10.1. The van der Waals surface area contributed by atoms with E-state index in [-0.39, 0.29) is 11.6 Å². The maximum Gasteiger partial charge on any atom is 0.412 e. The van der Waals surface area contributed by atoms with E-state index in [0.29, 0.717) is 36.4 Å². The van der Waals surface area contributed by atoms with Crippen molar-refractivity contribution in [3.63, 3.8) is 0 Å². The molecule has 0 bridgehead atoms. The van der Waals surface area contributed by atoms with Crippen LogP contribution in [-0.4, -0.2) is 52.3 Å². The smallest absolute Gasteiger partial charge is 0.412 e. The third kappa shape index (κ3) is 4.10. The zero-order valence-corrected chi connectivity index (χ0v) is 14.6. The predicted molar refractivity (Wildman–Crippen MR) is 88.2 cm³/mol. The number of ether oxygens (including phenoxy) is 3. The van der Waals surface area contributed by atoms with Gasteiger partial charge in [-0.05, 0) is 20.8 Å². The van der Waals surface area contributed by atoms with Gasteiger partial charge in [-0.15, -0.1) is 0 Å². The topological polar surface area (TPSA) is 100 Å². The minimum atomic E-state index is -0.620. The zero-order valence-electron chi connectivity index (χ0n) is 14.6. The van der Waals surface area contributed by atoms with Crippen LogP contribution in [-0.2, 0) is 16.0 Å². The Labute approximate surface area is 140 Å². The van der Waals surface area contributed by atoms with Gasteiger partial charge in [0.2, 0.25) is 0 Å². The molecule has 0 saturated carbocycles. The van der Waals surface area contributed by atoms with Crippen LogP contribution in [0.25, 0.3) is 11.0 Å². The van der Waals surface area contributed by atoms with Crippen molar-refractivity contribution in [2.24, 2.45) is 0 Å². The highest BCUT2D eigenvalue weighted by atomic mass is 16.5. The molecule has 0 aromatic carbocycles. The molecule has 24 heavy (non-hydrogen) atoms. The van der Waals surface area contributed by atoms with Crippen LogP contribution < -0.4 is 10.1 Å². The van der Waals surface area contributed by atoms with Crippen LogP contribution in [0.4, 0.5) is 10.6 Å². The normalized spacial score (nSPS) is 11.5. The number of nitrogens with zero attached hydrogens (tertiary/aromatic N) is 4. The summed E-state index contributed by atoms with van der Waals surface area (Å²) in [5, 5.41) is 7.41. The van der Waals surface area contributed by atoms with Crippen molar-refractivity contribution in [1.29, 1.82) is 0 Å². The molecule has 2 aromatic heterocycles. The molecule has 2 rings (SSSR count). The minimum absolute atomic E-state index is 0.163. The van der Waals surface area contributed by atoms with E-state index < -0.39 is 6.09 Å². The van der Waals surface area contributed by atoms with Gasteiger partial charge >= 0.3 is 12.1 Å². The van der Waals surface area contributed by atoms with Crippen molar-refractivity contribution in [2.75, 3.05) is 26.1 Å². The van der Waals surface area contributed by atoms with Crippen molar-refractivity contribution in [1.82, 2.24) is 19.7 Å². The van der Waals surface area contributed by atoms with Gasteiger partial charge in [0.1, 0.15) is 0 Å². The van der Waals surface area contributed by atoms with Gasteiger partial charge in [-0.1, -0.05) is 0 Å².